The molecule has 0 aromatic carbocycles. The molecule has 0 fully saturated rings. The lowest BCUT2D eigenvalue weighted by Gasteiger charge is -2.20. The van der Waals surface area contributed by atoms with E-state index in [1.807, 2.05) is 31.2 Å². The first kappa shape index (κ1) is 14.5. The van der Waals surface area contributed by atoms with Gasteiger partial charge in [0, 0.05) is 24.3 Å². The van der Waals surface area contributed by atoms with E-state index >= 15 is 0 Å². The standard InChI is InChI=1S/C16H15N3O2S/c1-12-18-15(11-22-12)16(20)19(10-14-5-3-7-21-14)9-13-4-2-6-17-8-13/h2-8,11H,9-10H2,1H3. The molecule has 0 saturated heterocycles. The van der Waals surface area contributed by atoms with Gasteiger partial charge in [-0.25, -0.2) is 4.98 Å². The second kappa shape index (κ2) is 6.53. The zero-order valence-electron chi connectivity index (χ0n) is 12.1. The molecule has 22 heavy (non-hydrogen) atoms. The van der Waals surface area contributed by atoms with Crippen molar-refractivity contribution in [3.63, 3.8) is 0 Å². The second-order valence-electron chi connectivity index (χ2n) is 4.85. The van der Waals surface area contributed by atoms with Gasteiger partial charge in [0.05, 0.1) is 17.8 Å². The zero-order valence-corrected chi connectivity index (χ0v) is 12.9. The highest BCUT2D eigenvalue weighted by Gasteiger charge is 2.20. The highest BCUT2D eigenvalue weighted by Crippen LogP contribution is 2.16. The summed E-state index contributed by atoms with van der Waals surface area (Å²) in [5.41, 5.74) is 1.44. The van der Waals surface area contributed by atoms with Crippen LogP contribution in [0.4, 0.5) is 0 Å². The van der Waals surface area contributed by atoms with Crippen LogP contribution in [0.25, 0.3) is 0 Å². The summed E-state index contributed by atoms with van der Waals surface area (Å²) in [6.07, 6.45) is 5.08. The smallest absolute Gasteiger partial charge is 0.274 e. The number of carbonyl (C=O) groups is 1. The minimum absolute atomic E-state index is 0.107. The van der Waals surface area contributed by atoms with E-state index in [1.165, 1.54) is 11.3 Å². The zero-order chi connectivity index (χ0) is 15.4. The molecule has 0 aliphatic rings. The van der Waals surface area contributed by atoms with E-state index < -0.39 is 0 Å². The van der Waals surface area contributed by atoms with Crippen molar-refractivity contribution in [1.82, 2.24) is 14.9 Å². The van der Waals surface area contributed by atoms with Crippen molar-refractivity contribution < 1.29 is 9.21 Å². The number of nitrogens with zero attached hydrogens (tertiary/aromatic N) is 3. The van der Waals surface area contributed by atoms with E-state index in [9.17, 15) is 4.79 Å². The van der Waals surface area contributed by atoms with Crippen molar-refractivity contribution in [2.45, 2.75) is 20.0 Å². The summed E-state index contributed by atoms with van der Waals surface area (Å²) in [4.78, 5) is 22.8. The summed E-state index contributed by atoms with van der Waals surface area (Å²) in [7, 11) is 0. The van der Waals surface area contributed by atoms with E-state index in [-0.39, 0.29) is 5.91 Å². The molecule has 5 nitrogen and oxygen atoms in total. The molecule has 0 unspecified atom stereocenters. The quantitative estimate of drug-likeness (QED) is 0.725. The lowest BCUT2D eigenvalue weighted by molar-refractivity contribution is 0.0712. The Bertz CT molecular complexity index is 738. The van der Waals surface area contributed by atoms with Crippen molar-refractivity contribution in [3.05, 3.63) is 70.3 Å². The summed E-state index contributed by atoms with van der Waals surface area (Å²) in [5.74, 6) is 0.633. The van der Waals surface area contributed by atoms with Gasteiger partial charge < -0.3 is 9.32 Å². The van der Waals surface area contributed by atoms with Crippen LogP contribution in [0.5, 0.6) is 0 Å². The van der Waals surface area contributed by atoms with E-state index in [0.717, 1.165) is 16.3 Å². The van der Waals surface area contributed by atoms with Crippen LogP contribution in [0.2, 0.25) is 0 Å². The molecule has 1 amide bonds. The Morgan fingerprint density at radius 2 is 2.23 bits per heavy atom. The van der Waals surface area contributed by atoms with Crippen LogP contribution < -0.4 is 0 Å². The third-order valence-corrected chi connectivity index (χ3v) is 3.92. The molecule has 3 aromatic heterocycles. The molecule has 3 heterocycles. The summed E-state index contributed by atoms with van der Waals surface area (Å²) >= 11 is 1.47. The van der Waals surface area contributed by atoms with Crippen molar-refractivity contribution in [1.29, 1.82) is 0 Å². The van der Waals surface area contributed by atoms with Gasteiger partial charge in [0.1, 0.15) is 11.5 Å². The van der Waals surface area contributed by atoms with Crippen molar-refractivity contribution in [2.24, 2.45) is 0 Å². The van der Waals surface area contributed by atoms with Crippen LogP contribution >= 0.6 is 11.3 Å². The van der Waals surface area contributed by atoms with Gasteiger partial charge in [0.15, 0.2) is 0 Å². The number of furan rings is 1. The number of thiazole rings is 1. The summed E-state index contributed by atoms with van der Waals surface area (Å²) in [6, 6.07) is 7.48. The van der Waals surface area contributed by atoms with Gasteiger partial charge in [-0.1, -0.05) is 6.07 Å². The predicted molar refractivity (Wildman–Crippen MR) is 83.4 cm³/mol. The molecule has 0 radical (unpaired) electrons. The van der Waals surface area contributed by atoms with Crippen LogP contribution in [0.15, 0.2) is 52.7 Å². The molecule has 0 aliphatic heterocycles. The third kappa shape index (κ3) is 3.40. The summed E-state index contributed by atoms with van der Waals surface area (Å²) in [5, 5.41) is 2.67. The SMILES string of the molecule is Cc1nc(C(=O)N(Cc2cccnc2)Cc2ccco2)cs1. The molecule has 112 valence electrons. The van der Waals surface area contributed by atoms with E-state index in [2.05, 4.69) is 9.97 Å². The lowest BCUT2D eigenvalue weighted by Crippen LogP contribution is -2.30. The molecular weight excluding hydrogens is 298 g/mol. The Balaban J connectivity index is 1.83. The van der Waals surface area contributed by atoms with Gasteiger partial charge in [-0.3, -0.25) is 9.78 Å². The van der Waals surface area contributed by atoms with Gasteiger partial charge in [0.2, 0.25) is 0 Å². The Morgan fingerprint density at radius 1 is 1.32 bits per heavy atom. The molecule has 0 bridgehead atoms. The fourth-order valence-corrected chi connectivity index (χ4v) is 2.71. The van der Waals surface area contributed by atoms with E-state index in [0.29, 0.717) is 18.8 Å². The van der Waals surface area contributed by atoms with Crippen LogP contribution in [0, 0.1) is 6.92 Å². The van der Waals surface area contributed by atoms with Gasteiger partial charge in [0.25, 0.3) is 5.91 Å². The topological polar surface area (TPSA) is 59.2 Å². The molecule has 6 heteroatoms. The molecule has 0 saturated carbocycles. The average Bonchev–Trinajstić information content (AvgIpc) is 3.18. The number of hydrogen-bond donors (Lipinski definition) is 0. The van der Waals surface area contributed by atoms with E-state index in [1.54, 1.807) is 28.9 Å². The Kier molecular flexibility index (Phi) is 4.29. The molecule has 0 spiro atoms. The van der Waals surface area contributed by atoms with Crippen molar-refractivity contribution >= 4 is 17.2 Å². The van der Waals surface area contributed by atoms with Crippen LogP contribution in [0.1, 0.15) is 26.8 Å². The molecular formula is C16H15N3O2S. The first-order valence-corrected chi connectivity index (χ1v) is 7.73. The molecule has 3 aromatic rings. The number of rotatable bonds is 5. The van der Waals surface area contributed by atoms with Crippen LogP contribution in [-0.4, -0.2) is 20.8 Å². The van der Waals surface area contributed by atoms with E-state index in [4.69, 9.17) is 4.42 Å². The number of amides is 1. The van der Waals surface area contributed by atoms with Crippen LogP contribution in [0.3, 0.4) is 0 Å². The number of carbonyl (C=O) groups excluding carboxylic acids is 1. The minimum Gasteiger partial charge on any atom is -0.467 e. The first-order chi connectivity index (χ1) is 10.7. The number of hydrogen-bond acceptors (Lipinski definition) is 5. The fraction of sp³-hybridized carbons (Fsp3) is 0.188. The highest BCUT2D eigenvalue weighted by molar-refractivity contribution is 7.09. The third-order valence-electron chi connectivity index (χ3n) is 3.15. The average molecular weight is 313 g/mol. The largest absolute Gasteiger partial charge is 0.467 e. The Hall–Kier alpha value is -2.47. The number of aryl methyl sites for hydroxylation is 1. The lowest BCUT2D eigenvalue weighted by atomic mass is 10.2. The fourth-order valence-electron chi connectivity index (χ4n) is 2.13. The number of aromatic nitrogens is 2. The van der Waals surface area contributed by atoms with Gasteiger partial charge in [-0.05, 0) is 30.7 Å². The highest BCUT2D eigenvalue weighted by atomic mass is 32.1. The summed E-state index contributed by atoms with van der Waals surface area (Å²) < 4.78 is 5.37. The predicted octanol–water partition coefficient (Wildman–Crippen LogP) is 3.28. The van der Waals surface area contributed by atoms with Gasteiger partial charge >= 0.3 is 0 Å². The molecule has 0 atom stereocenters. The monoisotopic (exact) mass is 313 g/mol. The number of pyridine rings is 1. The Morgan fingerprint density at radius 3 is 2.86 bits per heavy atom. The normalized spacial score (nSPS) is 10.6. The maximum Gasteiger partial charge on any atom is 0.274 e. The summed E-state index contributed by atoms with van der Waals surface area (Å²) in [6.45, 7) is 2.75. The van der Waals surface area contributed by atoms with Crippen LogP contribution in [-0.2, 0) is 13.1 Å². The maximum absolute atomic E-state index is 12.7. The van der Waals surface area contributed by atoms with Crippen molar-refractivity contribution in [3.8, 4) is 0 Å². The first-order valence-electron chi connectivity index (χ1n) is 6.85. The Labute approximate surface area is 132 Å². The van der Waals surface area contributed by atoms with Gasteiger partial charge in [-0.2, -0.15) is 0 Å². The molecule has 0 aliphatic carbocycles. The molecule has 3 rings (SSSR count). The van der Waals surface area contributed by atoms with Gasteiger partial charge in [-0.15, -0.1) is 11.3 Å². The maximum atomic E-state index is 12.7. The van der Waals surface area contributed by atoms with Crippen molar-refractivity contribution in [2.75, 3.05) is 0 Å². The minimum atomic E-state index is -0.107. The molecule has 0 N–H and O–H groups in total. The second-order valence-corrected chi connectivity index (χ2v) is 5.92.